The highest BCUT2D eigenvalue weighted by atomic mass is 35.5. The number of rotatable bonds is 5. The summed E-state index contributed by atoms with van der Waals surface area (Å²) in [5.41, 5.74) is 2.83. The van der Waals surface area contributed by atoms with Crippen molar-refractivity contribution in [3.8, 4) is 11.8 Å². The van der Waals surface area contributed by atoms with Crippen LogP contribution in [-0.4, -0.2) is 23.1 Å². The quantitative estimate of drug-likeness (QED) is 0.607. The zero-order valence-electron chi connectivity index (χ0n) is 16.2. The smallest absolute Gasteiger partial charge is 0.340 e. The molecular formula is C22H17ClFN3O3. The Balaban J connectivity index is 1.71. The van der Waals surface area contributed by atoms with E-state index in [2.05, 4.69) is 5.32 Å². The first-order valence-electron chi connectivity index (χ1n) is 8.91. The number of aryl methyl sites for hydroxylation is 1. The lowest BCUT2D eigenvalue weighted by Gasteiger charge is -2.10. The summed E-state index contributed by atoms with van der Waals surface area (Å²) in [6.07, 6.45) is 0. The molecule has 0 aliphatic carbocycles. The standard InChI is InChI=1S/C22H17ClFN3O3/c1-13-9-19(14(2)27(13)18-7-5-17(24)6-8-18)22(29)30-12-21(28)26-20-10-16(23)4-3-15(20)11-25/h3-10H,12H2,1-2H3,(H,26,28). The largest absolute Gasteiger partial charge is 0.452 e. The monoisotopic (exact) mass is 425 g/mol. The Labute approximate surface area is 177 Å². The summed E-state index contributed by atoms with van der Waals surface area (Å²) in [5, 5.41) is 12.0. The van der Waals surface area contributed by atoms with Gasteiger partial charge in [-0.3, -0.25) is 4.79 Å². The first-order valence-corrected chi connectivity index (χ1v) is 9.29. The predicted molar refractivity (Wildman–Crippen MR) is 110 cm³/mol. The molecule has 0 saturated heterocycles. The second kappa shape index (κ2) is 8.80. The number of nitriles is 1. The van der Waals surface area contributed by atoms with E-state index in [0.29, 0.717) is 22.0 Å². The van der Waals surface area contributed by atoms with Crippen molar-refractivity contribution in [2.45, 2.75) is 13.8 Å². The van der Waals surface area contributed by atoms with E-state index in [1.165, 1.54) is 30.3 Å². The van der Waals surface area contributed by atoms with Crippen molar-refractivity contribution in [2.24, 2.45) is 0 Å². The number of hydrogen-bond donors (Lipinski definition) is 1. The van der Waals surface area contributed by atoms with Gasteiger partial charge in [0.05, 0.1) is 16.8 Å². The third-order valence-electron chi connectivity index (χ3n) is 4.45. The molecule has 0 unspecified atom stereocenters. The molecule has 152 valence electrons. The number of halogens is 2. The number of nitrogens with zero attached hydrogens (tertiary/aromatic N) is 2. The van der Waals surface area contributed by atoms with E-state index < -0.39 is 18.5 Å². The molecule has 30 heavy (non-hydrogen) atoms. The number of aromatic nitrogens is 1. The fraction of sp³-hybridized carbons (Fsp3) is 0.136. The summed E-state index contributed by atoms with van der Waals surface area (Å²) in [5.74, 6) is -1.63. The number of amides is 1. The summed E-state index contributed by atoms with van der Waals surface area (Å²) in [6, 6.07) is 13.9. The lowest BCUT2D eigenvalue weighted by Crippen LogP contribution is -2.21. The van der Waals surface area contributed by atoms with Crippen LogP contribution in [0.4, 0.5) is 10.1 Å². The Morgan fingerprint density at radius 2 is 1.87 bits per heavy atom. The van der Waals surface area contributed by atoms with Gasteiger partial charge in [0.15, 0.2) is 6.61 Å². The number of nitrogens with one attached hydrogen (secondary N) is 1. The van der Waals surface area contributed by atoms with E-state index >= 15 is 0 Å². The summed E-state index contributed by atoms with van der Waals surface area (Å²) < 4.78 is 20.1. The number of anilines is 1. The van der Waals surface area contributed by atoms with Gasteiger partial charge in [-0.05, 0) is 62.4 Å². The molecule has 3 aromatic rings. The van der Waals surface area contributed by atoms with Crippen LogP contribution in [0.1, 0.15) is 27.3 Å². The Morgan fingerprint density at radius 1 is 1.17 bits per heavy atom. The normalized spacial score (nSPS) is 10.4. The highest BCUT2D eigenvalue weighted by Crippen LogP contribution is 2.22. The van der Waals surface area contributed by atoms with E-state index in [1.807, 2.05) is 13.0 Å². The van der Waals surface area contributed by atoms with Crippen LogP contribution in [0.2, 0.25) is 5.02 Å². The molecule has 3 rings (SSSR count). The summed E-state index contributed by atoms with van der Waals surface area (Å²) in [4.78, 5) is 24.7. The number of carbonyl (C=O) groups is 2. The summed E-state index contributed by atoms with van der Waals surface area (Å²) in [7, 11) is 0. The molecule has 8 heteroatoms. The average molecular weight is 426 g/mol. The molecule has 1 heterocycles. The van der Waals surface area contributed by atoms with Gasteiger partial charge < -0.3 is 14.6 Å². The molecule has 2 aromatic carbocycles. The van der Waals surface area contributed by atoms with Crippen molar-refractivity contribution >= 4 is 29.2 Å². The van der Waals surface area contributed by atoms with Gasteiger partial charge in [0, 0.05) is 22.1 Å². The zero-order chi connectivity index (χ0) is 21.8. The minimum absolute atomic E-state index is 0.237. The molecule has 0 atom stereocenters. The zero-order valence-corrected chi connectivity index (χ0v) is 17.0. The minimum atomic E-state index is -0.668. The number of esters is 1. The molecule has 0 radical (unpaired) electrons. The van der Waals surface area contributed by atoms with Crippen LogP contribution in [-0.2, 0) is 9.53 Å². The van der Waals surface area contributed by atoms with Crippen LogP contribution in [0.25, 0.3) is 5.69 Å². The molecule has 0 aliphatic rings. The molecule has 1 N–H and O–H groups in total. The van der Waals surface area contributed by atoms with Gasteiger partial charge in [0.25, 0.3) is 5.91 Å². The van der Waals surface area contributed by atoms with E-state index in [0.717, 1.165) is 5.69 Å². The lowest BCUT2D eigenvalue weighted by molar-refractivity contribution is -0.119. The van der Waals surface area contributed by atoms with Crippen LogP contribution in [0, 0.1) is 31.0 Å². The van der Waals surface area contributed by atoms with Gasteiger partial charge in [0.2, 0.25) is 0 Å². The van der Waals surface area contributed by atoms with E-state index in [4.69, 9.17) is 21.6 Å². The number of hydrogen-bond acceptors (Lipinski definition) is 4. The molecule has 1 amide bonds. The van der Waals surface area contributed by atoms with Crippen LogP contribution in [0.5, 0.6) is 0 Å². The average Bonchev–Trinajstić information content (AvgIpc) is 3.01. The van der Waals surface area contributed by atoms with Crippen molar-refractivity contribution in [3.63, 3.8) is 0 Å². The second-order valence-corrected chi connectivity index (χ2v) is 6.96. The minimum Gasteiger partial charge on any atom is -0.452 e. The fourth-order valence-electron chi connectivity index (χ4n) is 3.07. The van der Waals surface area contributed by atoms with Crippen molar-refractivity contribution in [2.75, 3.05) is 11.9 Å². The predicted octanol–water partition coefficient (Wildman–Crippen LogP) is 4.55. The Morgan fingerprint density at radius 3 is 2.53 bits per heavy atom. The van der Waals surface area contributed by atoms with Crippen LogP contribution >= 0.6 is 11.6 Å². The lowest BCUT2D eigenvalue weighted by atomic mass is 10.2. The Bertz CT molecular complexity index is 1160. The molecular weight excluding hydrogens is 409 g/mol. The SMILES string of the molecule is Cc1cc(C(=O)OCC(=O)Nc2cc(Cl)ccc2C#N)c(C)n1-c1ccc(F)cc1. The van der Waals surface area contributed by atoms with Gasteiger partial charge in [-0.1, -0.05) is 11.6 Å². The Hall–Kier alpha value is -3.63. The van der Waals surface area contributed by atoms with Crippen molar-refractivity contribution in [1.82, 2.24) is 4.57 Å². The van der Waals surface area contributed by atoms with Crippen molar-refractivity contribution < 1.29 is 18.7 Å². The number of carbonyl (C=O) groups excluding carboxylic acids is 2. The third kappa shape index (κ3) is 4.50. The first-order chi connectivity index (χ1) is 14.3. The first kappa shape index (κ1) is 21.1. The van der Waals surface area contributed by atoms with E-state index in [9.17, 15) is 14.0 Å². The second-order valence-electron chi connectivity index (χ2n) is 6.52. The molecule has 0 saturated carbocycles. The maximum absolute atomic E-state index is 13.2. The van der Waals surface area contributed by atoms with Crippen LogP contribution in [0.3, 0.4) is 0 Å². The van der Waals surface area contributed by atoms with Crippen molar-refractivity contribution in [1.29, 1.82) is 5.26 Å². The van der Waals surface area contributed by atoms with Gasteiger partial charge in [-0.15, -0.1) is 0 Å². The highest BCUT2D eigenvalue weighted by molar-refractivity contribution is 6.31. The molecule has 0 aliphatic heterocycles. The number of ether oxygens (including phenoxy) is 1. The Kier molecular flexibility index (Phi) is 6.19. The molecule has 6 nitrogen and oxygen atoms in total. The van der Waals surface area contributed by atoms with E-state index in [-0.39, 0.29) is 17.1 Å². The molecule has 0 bridgehead atoms. The van der Waals surface area contributed by atoms with Crippen LogP contribution in [0.15, 0.2) is 48.5 Å². The third-order valence-corrected chi connectivity index (χ3v) is 4.68. The van der Waals surface area contributed by atoms with E-state index in [1.54, 1.807) is 29.7 Å². The van der Waals surface area contributed by atoms with Gasteiger partial charge in [-0.25, -0.2) is 9.18 Å². The maximum atomic E-state index is 13.2. The summed E-state index contributed by atoms with van der Waals surface area (Å²) >= 11 is 5.89. The number of benzene rings is 2. The molecule has 0 spiro atoms. The highest BCUT2D eigenvalue weighted by Gasteiger charge is 2.19. The topological polar surface area (TPSA) is 84.1 Å². The molecule has 1 aromatic heterocycles. The van der Waals surface area contributed by atoms with Gasteiger partial charge in [0.1, 0.15) is 11.9 Å². The maximum Gasteiger partial charge on any atom is 0.340 e. The van der Waals surface area contributed by atoms with Gasteiger partial charge >= 0.3 is 5.97 Å². The van der Waals surface area contributed by atoms with Crippen molar-refractivity contribution in [3.05, 3.63) is 81.9 Å². The molecule has 0 fully saturated rings. The van der Waals surface area contributed by atoms with Crippen LogP contribution < -0.4 is 5.32 Å². The van der Waals surface area contributed by atoms with Gasteiger partial charge in [-0.2, -0.15) is 5.26 Å². The summed E-state index contributed by atoms with van der Waals surface area (Å²) in [6.45, 7) is 3.01. The fourth-order valence-corrected chi connectivity index (χ4v) is 3.24.